The number of carbonyl (C=O) groups excluding carboxylic acids is 3. The molecule has 0 saturated carbocycles. The van der Waals surface area contributed by atoms with Gasteiger partial charge in [-0.25, -0.2) is 4.79 Å². The summed E-state index contributed by atoms with van der Waals surface area (Å²) >= 11 is 0. The van der Waals surface area contributed by atoms with E-state index in [-0.39, 0.29) is 29.3 Å². The van der Waals surface area contributed by atoms with Crippen molar-refractivity contribution in [1.29, 1.82) is 0 Å². The van der Waals surface area contributed by atoms with Crippen molar-refractivity contribution >= 4 is 17.8 Å². The van der Waals surface area contributed by atoms with Gasteiger partial charge in [0.15, 0.2) is 0 Å². The van der Waals surface area contributed by atoms with Gasteiger partial charge in [0.05, 0.1) is 6.04 Å². The molecule has 152 valence electrons. The fourth-order valence-corrected chi connectivity index (χ4v) is 4.35. The number of nitrogens with zero attached hydrogens (tertiary/aromatic N) is 2. The second-order valence-electron chi connectivity index (χ2n) is 8.33. The molecule has 1 unspecified atom stereocenters. The van der Waals surface area contributed by atoms with E-state index in [1.54, 1.807) is 4.90 Å². The van der Waals surface area contributed by atoms with E-state index < -0.39 is 0 Å². The number of aryl methyl sites for hydroxylation is 1. The third-order valence-electron chi connectivity index (χ3n) is 6.08. The van der Waals surface area contributed by atoms with Crippen LogP contribution < -0.4 is 10.6 Å². The zero-order valence-electron chi connectivity index (χ0n) is 17.0. The molecular formula is C21H30N4O3. The van der Waals surface area contributed by atoms with Crippen molar-refractivity contribution in [3.63, 3.8) is 0 Å². The molecule has 2 heterocycles. The Morgan fingerprint density at radius 1 is 1.18 bits per heavy atom. The first kappa shape index (κ1) is 20.3. The summed E-state index contributed by atoms with van der Waals surface area (Å²) in [6, 6.07) is 8.24. The van der Waals surface area contributed by atoms with Crippen molar-refractivity contribution in [3.05, 3.63) is 35.4 Å². The van der Waals surface area contributed by atoms with Gasteiger partial charge in [-0.3, -0.25) is 14.9 Å². The zero-order chi connectivity index (χ0) is 20.3. The van der Waals surface area contributed by atoms with E-state index in [9.17, 15) is 14.4 Å². The average Bonchev–Trinajstić information content (AvgIpc) is 2.62. The minimum absolute atomic E-state index is 0.0816. The predicted octanol–water partition coefficient (Wildman–Crippen LogP) is 1.83. The average molecular weight is 386 g/mol. The Bertz CT molecular complexity index is 736. The van der Waals surface area contributed by atoms with Crippen LogP contribution in [0.5, 0.6) is 0 Å². The van der Waals surface area contributed by atoms with Crippen LogP contribution >= 0.6 is 0 Å². The maximum absolute atomic E-state index is 12.7. The van der Waals surface area contributed by atoms with Crippen molar-refractivity contribution in [3.8, 4) is 0 Å². The Hall–Kier alpha value is -2.41. The number of amides is 4. The van der Waals surface area contributed by atoms with Gasteiger partial charge in [-0.05, 0) is 50.4 Å². The molecule has 1 aromatic rings. The van der Waals surface area contributed by atoms with E-state index >= 15 is 0 Å². The van der Waals surface area contributed by atoms with Crippen LogP contribution in [0.25, 0.3) is 0 Å². The molecule has 2 aliphatic heterocycles. The highest BCUT2D eigenvalue weighted by Gasteiger charge is 2.42. The standard InChI is InChI=1S/C21H30N4O3/c1-15-6-4-5-7-16(15)17(24(2)3)14-22-20(28)25-10-8-21(9-11-25)12-18(26)23-19(27)13-21/h4-7,17H,8-14H2,1-3H3,(H,22,28)(H,23,26,27). The van der Waals surface area contributed by atoms with Crippen molar-refractivity contribution in [2.75, 3.05) is 33.7 Å². The highest BCUT2D eigenvalue weighted by atomic mass is 16.2. The number of imide groups is 1. The molecule has 7 heteroatoms. The second-order valence-corrected chi connectivity index (χ2v) is 8.33. The number of benzene rings is 1. The lowest BCUT2D eigenvalue weighted by molar-refractivity contribution is -0.139. The Labute approximate surface area is 166 Å². The molecule has 28 heavy (non-hydrogen) atoms. The van der Waals surface area contributed by atoms with Crippen LogP contribution in [-0.4, -0.2) is 61.4 Å². The molecular weight excluding hydrogens is 356 g/mol. The molecule has 1 atom stereocenters. The minimum Gasteiger partial charge on any atom is -0.336 e. The van der Waals surface area contributed by atoms with Crippen molar-refractivity contribution < 1.29 is 14.4 Å². The van der Waals surface area contributed by atoms with Crippen LogP contribution in [0.3, 0.4) is 0 Å². The van der Waals surface area contributed by atoms with Gasteiger partial charge in [-0.15, -0.1) is 0 Å². The summed E-state index contributed by atoms with van der Waals surface area (Å²) in [5, 5.41) is 5.44. The van der Waals surface area contributed by atoms with Gasteiger partial charge in [0, 0.05) is 32.5 Å². The summed E-state index contributed by atoms with van der Waals surface area (Å²) in [5.74, 6) is -0.387. The first-order chi connectivity index (χ1) is 13.3. The molecule has 0 aromatic heterocycles. The van der Waals surface area contributed by atoms with E-state index in [2.05, 4.69) is 34.6 Å². The Balaban J connectivity index is 1.56. The van der Waals surface area contributed by atoms with Crippen LogP contribution in [0, 0.1) is 12.3 Å². The number of likely N-dealkylation sites (N-methyl/N-ethyl adjacent to an activating group) is 1. The van der Waals surface area contributed by atoms with Gasteiger partial charge in [0.2, 0.25) is 11.8 Å². The fourth-order valence-electron chi connectivity index (χ4n) is 4.35. The quantitative estimate of drug-likeness (QED) is 0.774. The van der Waals surface area contributed by atoms with Gasteiger partial charge in [0.1, 0.15) is 0 Å². The Kier molecular flexibility index (Phi) is 6.03. The third-order valence-corrected chi connectivity index (χ3v) is 6.08. The molecule has 2 N–H and O–H groups in total. The molecule has 0 aliphatic carbocycles. The maximum Gasteiger partial charge on any atom is 0.317 e. The summed E-state index contributed by atoms with van der Waals surface area (Å²) in [5.41, 5.74) is 2.14. The summed E-state index contributed by atoms with van der Waals surface area (Å²) < 4.78 is 0. The largest absolute Gasteiger partial charge is 0.336 e. The monoisotopic (exact) mass is 386 g/mol. The smallest absolute Gasteiger partial charge is 0.317 e. The van der Waals surface area contributed by atoms with Crippen LogP contribution in [0.2, 0.25) is 0 Å². The van der Waals surface area contributed by atoms with Gasteiger partial charge in [-0.2, -0.15) is 0 Å². The van der Waals surface area contributed by atoms with E-state index in [4.69, 9.17) is 0 Å². The summed E-state index contributed by atoms with van der Waals surface area (Å²) in [6.45, 7) is 3.76. The molecule has 2 aliphatic rings. The normalized spacial score (nSPS) is 20.2. The predicted molar refractivity (Wildman–Crippen MR) is 107 cm³/mol. The lowest BCUT2D eigenvalue weighted by Crippen LogP contribution is -2.53. The van der Waals surface area contributed by atoms with Gasteiger partial charge in [-0.1, -0.05) is 24.3 Å². The van der Waals surface area contributed by atoms with Crippen molar-refractivity contribution in [2.24, 2.45) is 5.41 Å². The second kappa shape index (κ2) is 8.31. The summed E-state index contributed by atoms with van der Waals surface area (Å²) in [4.78, 5) is 40.1. The molecule has 4 amide bonds. The number of rotatable bonds is 4. The highest BCUT2D eigenvalue weighted by molar-refractivity contribution is 5.98. The number of likely N-dealkylation sites (tertiary alicyclic amines) is 1. The number of urea groups is 1. The third kappa shape index (κ3) is 4.52. The fraction of sp³-hybridized carbons (Fsp3) is 0.571. The lowest BCUT2D eigenvalue weighted by Gasteiger charge is -2.43. The number of hydrogen-bond acceptors (Lipinski definition) is 4. The molecule has 1 aromatic carbocycles. The number of hydrogen-bond donors (Lipinski definition) is 2. The molecule has 0 bridgehead atoms. The number of piperidine rings is 2. The van der Waals surface area contributed by atoms with Gasteiger partial charge >= 0.3 is 6.03 Å². The first-order valence-electron chi connectivity index (χ1n) is 9.87. The van der Waals surface area contributed by atoms with Crippen molar-refractivity contribution in [2.45, 2.75) is 38.6 Å². The van der Waals surface area contributed by atoms with E-state index in [1.165, 1.54) is 11.1 Å². The lowest BCUT2D eigenvalue weighted by atomic mass is 9.71. The maximum atomic E-state index is 12.7. The molecule has 3 rings (SSSR count). The minimum atomic E-state index is -0.274. The van der Waals surface area contributed by atoms with Gasteiger partial charge in [0.25, 0.3) is 0 Å². The zero-order valence-corrected chi connectivity index (χ0v) is 17.0. The molecule has 7 nitrogen and oxygen atoms in total. The molecule has 2 saturated heterocycles. The SMILES string of the molecule is Cc1ccccc1C(CNC(=O)N1CCC2(CC1)CC(=O)NC(=O)C2)N(C)C. The van der Waals surface area contributed by atoms with Gasteiger partial charge < -0.3 is 15.1 Å². The summed E-state index contributed by atoms with van der Waals surface area (Å²) in [7, 11) is 4.03. The summed E-state index contributed by atoms with van der Waals surface area (Å²) in [6.07, 6.45) is 2.14. The van der Waals surface area contributed by atoms with E-state index in [1.807, 2.05) is 26.2 Å². The van der Waals surface area contributed by atoms with Crippen LogP contribution in [0.4, 0.5) is 4.79 Å². The molecule has 0 radical (unpaired) electrons. The van der Waals surface area contributed by atoms with Crippen molar-refractivity contribution in [1.82, 2.24) is 20.4 Å². The van der Waals surface area contributed by atoms with Crippen LogP contribution in [0.1, 0.15) is 42.9 Å². The van der Waals surface area contributed by atoms with Crippen LogP contribution in [-0.2, 0) is 9.59 Å². The first-order valence-corrected chi connectivity index (χ1v) is 9.87. The molecule has 1 spiro atoms. The highest BCUT2D eigenvalue weighted by Crippen LogP contribution is 2.40. The van der Waals surface area contributed by atoms with E-state index in [0.29, 0.717) is 45.3 Å². The Morgan fingerprint density at radius 3 is 2.36 bits per heavy atom. The number of carbonyl (C=O) groups is 3. The number of nitrogens with one attached hydrogen (secondary N) is 2. The topological polar surface area (TPSA) is 81.8 Å². The molecule has 2 fully saturated rings. The van der Waals surface area contributed by atoms with E-state index in [0.717, 1.165) is 0 Å². The Morgan fingerprint density at radius 2 is 1.79 bits per heavy atom. The van der Waals surface area contributed by atoms with Crippen LogP contribution in [0.15, 0.2) is 24.3 Å².